The van der Waals surface area contributed by atoms with E-state index in [0.717, 1.165) is 6.42 Å². The van der Waals surface area contributed by atoms with Gasteiger partial charge in [-0.2, -0.15) is 13.2 Å². The Morgan fingerprint density at radius 3 is 2.71 bits per heavy atom. The lowest BCUT2D eigenvalue weighted by Crippen LogP contribution is -2.48. The number of ether oxygens (including phenoxy) is 1. The Balaban J connectivity index is 2.69. The van der Waals surface area contributed by atoms with Gasteiger partial charge < -0.3 is 15.0 Å². The van der Waals surface area contributed by atoms with Gasteiger partial charge in [0.15, 0.2) is 0 Å². The molecule has 0 fully saturated rings. The van der Waals surface area contributed by atoms with Crippen LogP contribution in [0.4, 0.5) is 13.2 Å². The number of H-pyrrole nitrogens is 1. The second-order valence-corrected chi connectivity index (χ2v) is 4.33. The number of nitrogens with zero attached hydrogens (tertiary/aromatic N) is 1. The number of carbonyl (C=O) groups excluding carboxylic acids is 2. The monoisotopic (exact) mass is 307 g/mol. The molecular weight excluding hydrogens is 291 g/mol. The van der Waals surface area contributed by atoms with E-state index >= 15 is 0 Å². The molecule has 2 N–H and O–H groups in total. The number of esters is 1. The summed E-state index contributed by atoms with van der Waals surface area (Å²) in [6.07, 6.45) is -1.18. The highest BCUT2D eigenvalue weighted by molar-refractivity contribution is 5.87. The van der Waals surface area contributed by atoms with E-state index in [1.54, 1.807) is 5.32 Å². The number of aromatic amines is 1. The van der Waals surface area contributed by atoms with Crippen molar-refractivity contribution in [2.45, 2.75) is 38.4 Å². The predicted molar refractivity (Wildman–Crippen MR) is 66.1 cm³/mol. The molecule has 0 bridgehead atoms. The van der Waals surface area contributed by atoms with Crippen LogP contribution in [0.15, 0.2) is 12.5 Å². The fraction of sp³-hybridized carbons (Fsp3) is 0.583. The maximum atomic E-state index is 12.3. The third-order valence-corrected chi connectivity index (χ3v) is 2.57. The molecule has 1 heterocycles. The zero-order chi connectivity index (χ0) is 15.9. The summed E-state index contributed by atoms with van der Waals surface area (Å²) in [7, 11) is 0. The Labute approximate surface area is 119 Å². The number of amides is 1. The van der Waals surface area contributed by atoms with E-state index < -0.39 is 24.1 Å². The van der Waals surface area contributed by atoms with Gasteiger partial charge in [0, 0.05) is 18.3 Å². The van der Waals surface area contributed by atoms with Crippen molar-refractivity contribution < 1.29 is 27.5 Å². The number of halogens is 3. The highest BCUT2D eigenvalue weighted by Crippen LogP contribution is 2.15. The number of rotatable bonds is 7. The van der Waals surface area contributed by atoms with Gasteiger partial charge in [0.05, 0.1) is 12.9 Å². The number of aromatic nitrogens is 2. The van der Waals surface area contributed by atoms with E-state index in [1.807, 2.05) is 6.92 Å². The molecular formula is C12H16F3N3O3. The quantitative estimate of drug-likeness (QED) is 0.588. The Morgan fingerprint density at radius 2 is 2.19 bits per heavy atom. The Morgan fingerprint density at radius 1 is 1.48 bits per heavy atom. The summed E-state index contributed by atoms with van der Waals surface area (Å²) in [5.74, 6) is -3.09. The molecule has 0 aromatic carbocycles. The first-order chi connectivity index (χ1) is 9.84. The number of hydrogen-bond acceptors (Lipinski definition) is 4. The SMILES string of the molecule is CCCCOC(=O)[C@@H](Cc1cnc[nH]1)NC(=O)C(F)(F)F. The minimum Gasteiger partial charge on any atom is -0.464 e. The zero-order valence-electron chi connectivity index (χ0n) is 11.4. The van der Waals surface area contributed by atoms with Gasteiger partial charge in [0.2, 0.25) is 0 Å². The van der Waals surface area contributed by atoms with E-state index in [-0.39, 0.29) is 13.0 Å². The highest BCUT2D eigenvalue weighted by atomic mass is 19.4. The molecule has 1 rings (SSSR count). The van der Waals surface area contributed by atoms with E-state index in [1.165, 1.54) is 12.5 Å². The van der Waals surface area contributed by atoms with Crippen LogP contribution in [0.5, 0.6) is 0 Å². The molecule has 0 aliphatic carbocycles. The molecule has 1 aromatic heterocycles. The maximum absolute atomic E-state index is 12.3. The largest absolute Gasteiger partial charge is 0.471 e. The Hall–Kier alpha value is -2.06. The molecule has 0 saturated carbocycles. The smallest absolute Gasteiger partial charge is 0.464 e. The second kappa shape index (κ2) is 7.65. The van der Waals surface area contributed by atoms with E-state index in [2.05, 4.69) is 9.97 Å². The minimum atomic E-state index is -5.06. The van der Waals surface area contributed by atoms with Gasteiger partial charge in [-0.1, -0.05) is 13.3 Å². The molecule has 0 saturated heterocycles. The lowest BCUT2D eigenvalue weighted by Gasteiger charge is -2.17. The van der Waals surface area contributed by atoms with E-state index in [0.29, 0.717) is 12.1 Å². The summed E-state index contributed by atoms with van der Waals surface area (Å²) >= 11 is 0. The first-order valence-electron chi connectivity index (χ1n) is 6.36. The molecule has 0 radical (unpaired) electrons. The summed E-state index contributed by atoms with van der Waals surface area (Å²) in [6, 6.07) is -1.42. The van der Waals surface area contributed by atoms with Gasteiger partial charge >= 0.3 is 18.1 Å². The fourth-order valence-electron chi connectivity index (χ4n) is 1.47. The van der Waals surface area contributed by atoms with Crippen LogP contribution >= 0.6 is 0 Å². The normalized spacial score (nSPS) is 12.8. The lowest BCUT2D eigenvalue weighted by molar-refractivity contribution is -0.175. The number of hydrogen-bond donors (Lipinski definition) is 2. The molecule has 118 valence electrons. The van der Waals surface area contributed by atoms with Crippen molar-refractivity contribution >= 4 is 11.9 Å². The van der Waals surface area contributed by atoms with Crippen LogP contribution in [0.25, 0.3) is 0 Å². The minimum absolute atomic E-state index is 0.0939. The molecule has 9 heteroatoms. The van der Waals surface area contributed by atoms with Crippen LogP contribution in [-0.4, -0.2) is 40.7 Å². The van der Waals surface area contributed by atoms with Crippen molar-refractivity contribution in [1.29, 1.82) is 0 Å². The average molecular weight is 307 g/mol. The Bertz CT molecular complexity index is 460. The van der Waals surface area contributed by atoms with Crippen LogP contribution < -0.4 is 5.32 Å². The first-order valence-corrected chi connectivity index (χ1v) is 6.36. The predicted octanol–water partition coefficient (Wildman–Crippen LogP) is 1.34. The van der Waals surface area contributed by atoms with Gasteiger partial charge in [-0.05, 0) is 6.42 Å². The van der Waals surface area contributed by atoms with Gasteiger partial charge in [0.1, 0.15) is 6.04 Å². The van der Waals surface area contributed by atoms with Crippen molar-refractivity contribution in [3.8, 4) is 0 Å². The lowest BCUT2D eigenvalue weighted by atomic mass is 10.1. The molecule has 0 unspecified atom stereocenters. The molecule has 1 aromatic rings. The molecule has 1 amide bonds. The molecule has 21 heavy (non-hydrogen) atoms. The first kappa shape index (κ1) is 17.0. The number of nitrogens with one attached hydrogen (secondary N) is 2. The van der Waals surface area contributed by atoms with Gasteiger partial charge in [-0.25, -0.2) is 9.78 Å². The fourth-order valence-corrected chi connectivity index (χ4v) is 1.47. The summed E-state index contributed by atoms with van der Waals surface area (Å²) in [5, 5.41) is 1.64. The van der Waals surface area contributed by atoms with Crippen LogP contribution in [0.3, 0.4) is 0 Å². The van der Waals surface area contributed by atoms with Gasteiger partial charge in [-0.3, -0.25) is 4.79 Å². The third kappa shape index (κ3) is 5.84. The standard InChI is InChI=1S/C12H16F3N3O3/c1-2-3-4-21-10(19)9(5-8-6-16-7-17-8)18-11(20)12(13,14)15/h6-7,9H,2-5H2,1H3,(H,16,17)(H,18,20)/t9-/m1/s1. The van der Waals surface area contributed by atoms with Crippen molar-refractivity contribution in [2.75, 3.05) is 6.61 Å². The van der Waals surface area contributed by atoms with Crippen LogP contribution in [0.2, 0.25) is 0 Å². The number of imidazole rings is 1. The molecule has 0 aliphatic rings. The third-order valence-electron chi connectivity index (χ3n) is 2.57. The summed E-state index contributed by atoms with van der Waals surface area (Å²) in [4.78, 5) is 29.1. The number of unbranched alkanes of at least 4 members (excludes halogenated alkanes) is 1. The van der Waals surface area contributed by atoms with Gasteiger partial charge in [0.25, 0.3) is 0 Å². The van der Waals surface area contributed by atoms with Crippen molar-refractivity contribution in [1.82, 2.24) is 15.3 Å². The van der Waals surface area contributed by atoms with E-state index in [4.69, 9.17) is 4.74 Å². The van der Waals surface area contributed by atoms with E-state index in [9.17, 15) is 22.8 Å². The molecule has 0 aliphatic heterocycles. The number of alkyl halides is 3. The molecule has 1 atom stereocenters. The topological polar surface area (TPSA) is 84.1 Å². The highest BCUT2D eigenvalue weighted by Gasteiger charge is 2.41. The maximum Gasteiger partial charge on any atom is 0.471 e. The summed E-state index contributed by atoms with van der Waals surface area (Å²) in [5.41, 5.74) is 0.412. The second-order valence-electron chi connectivity index (χ2n) is 4.33. The summed E-state index contributed by atoms with van der Waals surface area (Å²) < 4.78 is 41.7. The van der Waals surface area contributed by atoms with Crippen LogP contribution in [0, 0.1) is 0 Å². The molecule has 6 nitrogen and oxygen atoms in total. The average Bonchev–Trinajstić information content (AvgIpc) is 2.89. The molecule has 0 spiro atoms. The number of carbonyl (C=O) groups is 2. The van der Waals surface area contributed by atoms with Crippen molar-refractivity contribution in [3.63, 3.8) is 0 Å². The van der Waals surface area contributed by atoms with Crippen molar-refractivity contribution in [2.24, 2.45) is 0 Å². The summed E-state index contributed by atoms with van der Waals surface area (Å²) in [6.45, 7) is 1.97. The van der Waals surface area contributed by atoms with Crippen LogP contribution in [0.1, 0.15) is 25.5 Å². The van der Waals surface area contributed by atoms with Crippen molar-refractivity contribution in [3.05, 3.63) is 18.2 Å². The Kier molecular flexibility index (Phi) is 6.19. The zero-order valence-corrected chi connectivity index (χ0v) is 11.4. The van der Waals surface area contributed by atoms with Gasteiger partial charge in [-0.15, -0.1) is 0 Å². The van der Waals surface area contributed by atoms with Crippen LogP contribution in [-0.2, 0) is 20.7 Å².